The molecule has 0 amide bonds. The number of benzene rings is 1. The summed E-state index contributed by atoms with van der Waals surface area (Å²) in [5, 5.41) is 11.1. The van der Waals surface area contributed by atoms with Crippen LogP contribution in [0.2, 0.25) is 5.15 Å². The second-order valence-electron chi connectivity index (χ2n) is 3.76. The van der Waals surface area contributed by atoms with Gasteiger partial charge in [0.2, 0.25) is 0 Å². The molecule has 0 unspecified atom stereocenters. The molecule has 2 aromatic rings. The van der Waals surface area contributed by atoms with Gasteiger partial charge in [0, 0.05) is 17.7 Å². The average molecular weight is 343 g/mol. The highest BCUT2D eigenvalue weighted by molar-refractivity contribution is 9.10. The van der Waals surface area contributed by atoms with E-state index in [0.29, 0.717) is 27.4 Å². The highest BCUT2D eigenvalue weighted by Crippen LogP contribution is 2.28. The van der Waals surface area contributed by atoms with Crippen molar-refractivity contribution in [3.05, 3.63) is 49.7 Å². The van der Waals surface area contributed by atoms with Crippen LogP contribution in [0, 0.1) is 10.1 Å². The van der Waals surface area contributed by atoms with Gasteiger partial charge in [-0.3, -0.25) is 10.1 Å². The quantitative estimate of drug-likeness (QED) is 0.480. The molecule has 19 heavy (non-hydrogen) atoms. The zero-order valence-corrected chi connectivity index (χ0v) is 12.3. The van der Waals surface area contributed by atoms with Crippen LogP contribution in [-0.2, 0) is 6.42 Å². The van der Waals surface area contributed by atoms with Gasteiger partial charge in [0.25, 0.3) is 5.69 Å². The molecule has 7 heteroatoms. The summed E-state index contributed by atoms with van der Waals surface area (Å²) in [6.07, 6.45) is 0.685. The van der Waals surface area contributed by atoms with E-state index >= 15 is 0 Å². The minimum absolute atomic E-state index is 0.00168. The van der Waals surface area contributed by atoms with Gasteiger partial charge in [0.1, 0.15) is 5.15 Å². The van der Waals surface area contributed by atoms with Gasteiger partial charge in [-0.05, 0) is 22.4 Å². The van der Waals surface area contributed by atoms with Crippen LogP contribution in [0.5, 0.6) is 0 Å². The number of non-ortho nitro benzene ring substituents is 1. The lowest BCUT2D eigenvalue weighted by molar-refractivity contribution is -0.384. The topological polar surface area (TPSA) is 68.9 Å². The van der Waals surface area contributed by atoms with Gasteiger partial charge in [-0.15, -0.1) is 0 Å². The second-order valence-corrected chi connectivity index (χ2v) is 4.91. The first-order valence-corrected chi connectivity index (χ1v) is 6.66. The first-order chi connectivity index (χ1) is 9.02. The molecule has 0 aliphatic rings. The van der Waals surface area contributed by atoms with Gasteiger partial charge >= 0.3 is 0 Å². The third-order valence-electron chi connectivity index (χ3n) is 2.53. The van der Waals surface area contributed by atoms with E-state index in [-0.39, 0.29) is 5.69 Å². The molecule has 2 rings (SSSR count). The number of nitro benzene ring substituents is 1. The summed E-state index contributed by atoms with van der Waals surface area (Å²) in [6, 6.07) is 6.16. The van der Waals surface area contributed by atoms with Crippen molar-refractivity contribution in [2.24, 2.45) is 0 Å². The largest absolute Gasteiger partial charge is 0.270 e. The van der Waals surface area contributed by atoms with Crippen molar-refractivity contribution >= 4 is 33.2 Å². The van der Waals surface area contributed by atoms with E-state index < -0.39 is 4.92 Å². The molecule has 0 saturated heterocycles. The Labute approximate surface area is 122 Å². The van der Waals surface area contributed by atoms with Gasteiger partial charge in [-0.1, -0.05) is 30.7 Å². The van der Waals surface area contributed by atoms with Crippen LogP contribution in [-0.4, -0.2) is 14.9 Å². The highest BCUT2D eigenvalue weighted by atomic mass is 79.9. The van der Waals surface area contributed by atoms with E-state index in [4.69, 9.17) is 11.6 Å². The molecule has 0 N–H and O–H groups in total. The molecular weight excluding hydrogens is 334 g/mol. The minimum Gasteiger partial charge on any atom is -0.258 e. The molecule has 0 saturated carbocycles. The maximum Gasteiger partial charge on any atom is 0.270 e. The fourth-order valence-corrected chi connectivity index (χ4v) is 2.23. The summed E-state index contributed by atoms with van der Waals surface area (Å²) in [6.45, 7) is 1.95. The Morgan fingerprint density at radius 1 is 1.42 bits per heavy atom. The molecule has 5 nitrogen and oxygen atoms in total. The minimum atomic E-state index is -0.454. The Kier molecular flexibility index (Phi) is 4.11. The standard InChI is InChI=1S/C12H9BrClN3O2/c1-2-9-10(13)11(14)16-12(15-9)7-4-3-5-8(6-7)17(18)19/h3-6H,2H2,1H3. The number of hydrogen-bond donors (Lipinski definition) is 0. The van der Waals surface area contributed by atoms with Gasteiger partial charge in [-0.25, -0.2) is 9.97 Å². The Bertz CT molecular complexity index is 649. The van der Waals surface area contributed by atoms with Crippen molar-refractivity contribution in [3.63, 3.8) is 0 Å². The van der Waals surface area contributed by atoms with Gasteiger partial charge in [-0.2, -0.15) is 0 Å². The number of aromatic nitrogens is 2. The molecule has 98 valence electrons. The van der Waals surface area contributed by atoms with Gasteiger partial charge < -0.3 is 0 Å². The third-order valence-corrected chi connectivity index (χ3v) is 3.86. The van der Waals surface area contributed by atoms with Gasteiger partial charge in [0.05, 0.1) is 15.1 Å². The molecule has 0 fully saturated rings. The monoisotopic (exact) mass is 341 g/mol. The predicted molar refractivity (Wildman–Crippen MR) is 76.2 cm³/mol. The van der Waals surface area contributed by atoms with Crippen molar-refractivity contribution in [3.8, 4) is 11.4 Å². The van der Waals surface area contributed by atoms with Crippen molar-refractivity contribution < 1.29 is 4.92 Å². The summed E-state index contributed by atoms with van der Waals surface area (Å²) in [5.41, 5.74) is 1.33. The summed E-state index contributed by atoms with van der Waals surface area (Å²) in [5.74, 6) is 0.383. The first-order valence-electron chi connectivity index (χ1n) is 5.49. The number of nitrogens with zero attached hydrogens (tertiary/aromatic N) is 3. The SMILES string of the molecule is CCc1nc(-c2cccc([N+](=O)[O-])c2)nc(Cl)c1Br. The van der Waals surface area contributed by atoms with E-state index in [1.54, 1.807) is 12.1 Å². The molecule has 0 atom stereocenters. The third kappa shape index (κ3) is 2.90. The van der Waals surface area contributed by atoms with E-state index in [2.05, 4.69) is 25.9 Å². The van der Waals surface area contributed by atoms with E-state index in [9.17, 15) is 10.1 Å². The molecular formula is C12H9BrClN3O2. The zero-order chi connectivity index (χ0) is 14.0. The Morgan fingerprint density at radius 2 is 2.16 bits per heavy atom. The van der Waals surface area contributed by atoms with Crippen molar-refractivity contribution in [1.82, 2.24) is 9.97 Å². The van der Waals surface area contributed by atoms with Crippen molar-refractivity contribution in [2.75, 3.05) is 0 Å². The maximum atomic E-state index is 10.8. The number of aryl methyl sites for hydroxylation is 1. The van der Waals surface area contributed by atoms with Crippen LogP contribution in [0.25, 0.3) is 11.4 Å². The van der Waals surface area contributed by atoms with Crippen LogP contribution in [0.15, 0.2) is 28.7 Å². The predicted octanol–water partition coefficient (Wildman–Crippen LogP) is 4.03. The molecule has 0 spiro atoms. The summed E-state index contributed by atoms with van der Waals surface area (Å²) < 4.78 is 0.658. The zero-order valence-electron chi connectivity index (χ0n) is 9.93. The van der Waals surface area contributed by atoms with E-state index in [0.717, 1.165) is 5.69 Å². The number of rotatable bonds is 3. The van der Waals surface area contributed by atoms with Crippen molar-refractivity contribution in [2.45, 2.75) is 13.3 Å². The molecule has 0 radical (unpaired) electrons. The fraction of sp³-hybridized carbons (Fsp3) is 0.167. The summed E-state index contributed by atoms with van der Waals surface area (Å²) in [4.78, 5) is 18.8. The van der Waals surface area contributed by atoms with Crippen LogP contribution >= 0.6 is 27.5 Å². The Balaban J connectivity index is 2.56. The van der Waals surface area contributed by atoms with E-state index in [1.807, 2.05) is 6.92 Å². The molecule has 1 heterocycles. The molecule has 0 bridgehead atoms. The molecule has 0 aliphatic heterocycles. The average Bonchev–Trinajstić information content (AvgIpc) is 2.41. The Hall–Kier alpha value is -1.53. The Morgan fingerprint density at radius 3 is 2.79 bits per heavy atom. The summed E-state index contributed by atoms with van der Waals surface area (Å²) in [7, 11) is 0. The molecule has 1 aromatic heterocycles. The maximum absolute atomic E-state index is 10.8. The summed E-state index contributed by atoms with van der Waals surface area (Å²) >= 11 is 9.34. The first kappa shape index (κ1) is 13.9. The number of nitro groups is 1. The highest BCUT2D eigenvalue weighted by Gasteiger charge is 2.13. The van der Waals surface area contributed by atoms with Crippen LogP contribution in [0.1, 0.15) is 12.6 Å². The van der Waals surface area contributed by atoms with Gasteiger partial charge in [0.15, 0.2) is 5.82 Å². The lowest BCUT2D eigenvalue weighted by Gasteiger charge is -2.06. The van der Waals surface area contributed by atoms with Crippen LogP contribution < -0.4 is 0 Å². The molecule has 1 aromatic carbocycles. The lowest BCUT2D eigenvalue weighted by Crippen LogP contribution is -1.98. The fourth-order valence-electron chi connectivity index (χ4n) is 1.58. The van der Waals surface area contributed by atoms with Crippen LogP contribution in [0.3, 0.4) is 0 Å². The van der Waals surface area contributed by atoms with E-state index in [1.165, 1.54) is 12.1 Å². The smallest absolute Gasteiger partial charge is 0.258 e. The normalized spacial score (nSPS) is 10.5. The molecule has 0 aliphatic carbocycles. The number of halogens is 2. The van der Waals surface area contributed by atoms with Crippen LogP contribution in [0.4, 0.5) is 5.69 Å². The van der Waals surface area contributed by atoms with Crippen molar-refractivity contribution in [1.29, 1.82) is 0 Å². The second kappa shape index (κ2) is 5.63. The lowest BCUT2D eigenvalue weighted by atomic mass is 10.2. The number of hydrogen-bond acceptors (Lipinski definition) is 4.